The van der Waals surface area contributed by atoms with Crippen LogP contribution in [0.2, 0.25) is 0 Å². The van der Waals surface area contributed by atoms with Crippen molar-refractivity contribution in [1.29, 1.82) is 0 Å². The molecule has 2 amide bonds. The zero-order valence-corrected chi connectivity index (χ0v) is 10.3. The first kappa shape index (κ1) is 12.3. The van der Waals surface area contributed by atoms with Gasteiger partial charge < -0.3 is 10.2 Å². The van der Waals surface area contributed by atoms with E-state index in [1.807, 2.05) is 4.90 Å². The predicted molar refractivity (Wildman–Crippen MR) is 63.0 cm³/mol. The van der Waals surface area contributed by atoms with Gasteiger partial charge in [0.15, 0.2) is 0 Å². The van der Waals surface area contributed by atoms with Gasteiger partial charge in [0, 0.05) is 59.2 Å². The normalized spacial score (nSPS) is 21.4. The third kappa shape index (κ3) is 3.67. The Morgan fingerprint density at radius 2 is 1.53 bits per heavy atom. The van der Waals surface area contributed by atoms with Gasteiger partial charge in [0.25, 0.3) is 0 Å². The molecule has 0 unspecified atom stereocenters. The number of hydrazine groups is 1. The van der Waals surface area contributed by atoms with Crippen LogP contribution in [0.15, 0.2) is 0 Å². The van der Waals surface area contributed by atoms with E-state index in [-0.39, 0.29) is 11.8 Å². The Hall–Kier alpha value is -1.14. The summed E-state index contributed by atoms with van der Waals surface area (Å²) in [4.78, 5) is 24.4. The Bertz CT molecular complexity index is 296. The van der Waals surface area contributed by atoms with Crippen LogP contribution in [-0.2, 0) is 9.59 Å². The van der Waals surface area contributed by atoms with Crippen molar-refractivity contribution >= 4 is 11.8 Å². The molecule has 2 saturated heterocycles. The van der Waals surface area contributed by atoms with Gasteiger partial charge in [-0.15, -0.1) is 0 Å². The summed E-state index contributed by atoms with van der Waals surface area (Å²) >= 11 is 0. The van der Waals surface area contributed by atoms with Gasteiger partial charge in [0.1, 0.15) is 0 Å². The van der Waals surface area contributed by atoms with Crippen molar-refractivity contribution in [2.45, 2.75) is 13.3 Å². The van der Waals surface area contributed by atoms with E-state index in [0.29, 0.717) is 13.0 Å². The molecule has 17 heavy (non-hydrogen) atoms. The van der Waals surface area contributed by atoms with Crippen LogP contribution in [-0.4, -0.2) is 72.5 Å². The largest absolute Gasteiger partial charge is 0.356 e. The van der Waals surface area contributed by atoms with Gasteiger partial charge in [0.2, 0.25) is 11.8 Å². The molecule has 96 valence electrons. The van der Waals surface area contributed by atoms with Gasteiger partial charge in [0.05, 0.1) is 0 Å². The van der Waals surface area contributed by atoms with Crippen molar-refractivity contribution in [3.63, 3.8) is 0 Å². The van der Waals surface area contributed by atoms with E-state index >= 15 is 0 Å². The standard InChI is InChI=1S/C11H20N4O2/c1-10(16)12-3-2-11(17)13-4-6-14(7-5-13)15-8-9-15/h2-9H2,1H3,(H,12,16). The van der Waals surface area contributed by atoms with Crippen molar-refractivity contribution in [2.24, 2.45) is 0 Å². The number of hydrogen-bond acceptors (Lipinski definition) is 4. The molecule has 2 heterocycles. The SMILES string of the molecule is CC(=O)NCCC(=O)N1CCN(N2CC2)CC1. The highest BCUT2D eigenvalue weighted by atomic mass is 16.2. The van der Waals surface area contributed by atoms with Crippen molar-refractivity contribution < 1.29 is 9.59 Å². The molecule has 0 aromatic carbocycles. The molecule has 0 atom stereocenters. The maximum atomic E-state index is 11.8. The van der Waals surface area contributed by atoms with Crippen LogP contribution in [0.3, 0.4) is 0 Å². The molecule has 1 N–H and O–H groups in total. The van der Waals surface area contributed by atoms with E-state index in [2.05, 4.69) is 15.3 Å². The first-order valence-corrected chi connectivity index (χ1v) is 6.19. The van der Waals surface area contributed by atoms with Gasteiger partial charge >= 0.3 is 0 Å². The molecule has 0 aromatic heterocycles. The van der Waals surface area contributed by atoms with E-state index in [1.165, 1.54) is 6.92 Å². The molecule has 2 aliphatic rings. The second-order valence-corrected chi connectivity index (χ2v) is 4.52. The highest BCUT2D eigenvalue weighted by Crippen LogP contribution is 2.13. The Labute approximate surface area is 101 Å². The van der Waals surface area contributed by atoms with Crippen LogP contribution in [0.1, 0.15) is 13.3 Å². The molecule has 0 radical (unpaired) electrons. The Kier molecular flexibility index (Phi) is 3.96. The summed E-state index contributed by atoms with van der Waals surface area (Å²) in [5, 5.41) is 7.27. The molecule has 6 nitrogen and oxygen atoms in total. The summed E-state index contributed by atoms with van der Waals surface area (Å²) in [6.07, 6.45) is 0.406. The van der Waals surface area contributed by atoms with E-state index < -0.39 is 0 Å². The van der Waals surface area contributed by atoms with Crippen molar-refractivity contribution in [2.75, 3.05) is 45.8 Å². The van der Waals surface area contributed by atoms with E-state index in [0.717, 1.165) is 39.3 Å². The average molecular weight is 240 g/mol. The third-order valence-corrected chi connectivity index (χ3v) is 3.15. The molecular formula is C11H20N4O2. The lowest BCUT2D eigenvalue weighted by Gasteiger charge is -2.35. The van der Waals surface area contributed by atoms with Gasteiger partial charge in [-0.25, -0.2) is 10.0 Å². The van der Waals surface area contributed by atoms with Crippen LogP contribution in [0, 0.1) is 0 Å². The van der Waals surface area contributed by atoms with E-state index in [4.69, 9.17) is 0 Å². The van der Waals surface area contributed by atoms with Crippen LogP contribution in [0.5, 0.6) is 0 Å². The molecule has 2 aliphatic heterocycles. The van der Waals surface area contributed by atoms with Crippen LogP contribution in [0.25, 0.3) is 0 Å². The summed E-state index contributed by atoms with van der Waals surface area (Å²) in [5.41, 5.74) is 0. The van der Waals surface area contributed by atoms with Crippen LogP contribution < -0.4 is 5.32 Å². The molecule has 2 fully saturated rings. The van der Waals surface area contributed by atoms with Gasteiger partial charge in [-0.1, -0.05) is 0 Å². The second-order valence-electron chi connectivity index (χ2n) is 4.52. The fraction of sp³-hybridized carbons (Fsp3) is 0.818. The van der Waals surface area contributed by atoms with Gasteiger partial charge in [-0.05, 0) is 0 Å². The minimum atomic E-state index is -0.0795. The molecule has 0 bridgehead atoms. The zero-order chi connectivity index (χ0) is 12.3. The quantitative estimate of drug-likeness (QED) is 0.633. The molecule has 6 heteroatoms. The fourth-order valence-corrected chi connectivity index (χ4v) is 2.06. The smallest absolute Gasteiger partial charge is 0.224 e. The van der Waals surface area contributed by atoms with Crippen LogP contribution >= 0.6 is 0 Å². The summed E-state index contributed by atoms with van der Waals surface area (Å²) < 4.78 is 0. The number of piperazine rings is 1. The average Bonchev–Trinajstić information content (AvgIpc) is 3.12. The summed E-state index contributed by atoms with van der Waals surface area (Å²) in [5.74, 6) is 0.0633. The highest BCUT2D eigenvalue weighted by Gasteiger charge is 2.29. The molecule has 0 aliphatic carbocycles. The number of amides is 2. The van der Waals surface area contributed by atoms with Crippen molar-refractivity contribution in [3.8, 4) is 0 Å². The topological polar surface area (TPSA) is 55.7 Å². The third-order valence-electron chi connectivity index (χ3n) is 3.15. The predicted octanol–water partition coefficient (Wildman–Crippen LogP) is -1.11. The lowest BCUT2D eigenvalue weighted by atomic mass is 10.3. The van der Waals surface area contributed by atoms with Gasteiger partial charge in [-0.2, -0.15) is 0 Å². The minimum Gasteiger partial charge on any atom is -0.356 e. The number of hydrogen-bond donors (Lipinski definition) is 1. The lowest BCUT2D eigenvalue weighted by Crippen LogP contribution is -2.50. The number of carbonyl (C=O) groups excluding carboxylic acids is 2. The monoisotopic (exact) mass is 240 g/mol. The number of nitrogens with one attached hydrogen (secondary N) is 1. The van der Waals surface area contributed by atoms with E-state index in [9.17, 15) is 9.59 Å². The number of rotatable bonds is 4. The molecule has 2 rings (SSSR count). The minimum absolute atomic E-state index is 0.0795. The highest BCUT2D eigenvalue weighted by molar-refractivity contribution is 5.78. The molecular weight excluding hydrogens is 220 g/mol. The van der Waals surface area contributed by atoms with Crippen LogP contribution in [0.4, 0.5) is 0 Å². The maximum absolute atomic E-state index is 11.8. The lowest BCUT2D eigenvalue weighted by molar-refractivity contribution is -0.134. The second kappa shape index (κ2) is 5.46. The molecule has 0 aromatic rings. The first-order valence-electron chi connectivity index (χ1n) is 6.19. The summed E-state index contributed by atoms with van der Waals surface area (Å²) in [6, 6.07) is 0. The fourth-order valence-electron chi connectivity index (χ4n) is 2.06. The Morgan fingerprint density at radius 1 is 1.00 bits per heavy atom. The maximum Gasteiger partial charge on any atom is 0.224 e. The zero-order valence-electron chi connectivity index (χ0n) is 10.3. The Balaban J connectivity index is 1.65. The van der Waals surface area contributed by atoms with E-state index in [1.54, 1.807) is 0 Å². The summed E-state index contributed by atoms with van der Waals surface area (Å²) in [7, 11) is 0. The molecule has 0 saturated carbocycles. The van der Waals surface area contributed by atoms with Gasteiger partial charge in [-0.3, -0.25) is 9.59 Å². The number of carbonyl (C=O) groups is 2. The van der Waals surface area contributed by atoms with Crippen molar-refractivity contribution in [3.05, 3.63) is 0 Å². The Morgan fingerprint density at radius 3 is 2.00 bits per heavy atom. The molecule has 0 spiro atoms. The first-order chi connectivity index (χ1) is 8.16. The summed E-state index contributed by atoms with van der Waals surface area (Å²) in [6.45, 7) is 7.71. The number of nitrogens with zero attached hydrogens (tertiary/aromatic N) is 3. The van der Waals surface area contributed by atoms with Crippen molar-refractivity contribution in [1.82, 2.24) is 20.2 Å².